The van der Waals surface area contributed by atoms with Gasteiger partial charge in [0.1, 0.15) is 18.0 Å². The van der Waals surface area contributed by atoms with Crippen molar-refractivity contribution in [3.8, 4) is 5.88 Å². The molecule has 6 heteroatoms. The van der Waals surface area contributed by atoms with Gasteiger partial charge in [-0.1, -0.05) is 0 Å². The van der Waals surface area contributed by atoms with Crippen molar-refractivity contribution in [3.05, 3.63) is 17.7 Å². The Bertz CT molecular complexity index is 592. The molecule has 6 nitrogen and oxygen atoms in total. The van der Waals surface area contributed by atoms with Gasteiger partial charge in [-0.2, -0.15) is 4.98 Å². The molecule has 1 aromatic heterocycles. The molecular weight excluding hydrogens is 306 g/mol. The summed E-state index contributed by atoms with van der Waals surface area (Å²) >= 11 is 0. The second-order valence-corrected chi connectivity index (χ2v) is 7.43. The maximum atomic E-state index is 12.3. The van der Waals surface area contributed by atoms with E-state index in [4.69, 9.17) is 14.5 Å². The number of ether oxygens (including phenoxy) is 2. The van der Waals surface area contributed by atoms with Crippen molar-refractivity contribution in [2.24, 2.45) is 0 Å². The quantitative estimate of drug-likeness (QED) is 0.790. The molecule has 3 rings (SSSR count). The molecule has 0 saturated carbocycles. The first-order valence-electron chi connectivity index (χ1n) is 8.78. The van der Waals surface area contributed by atoms with E-state index < -0.39 is 5.60 Å². The fourth-order valence-corrected chi connectivity index (χ4v) is 3.02. The summed E-state index contributed by atoms with van der Waals surface area (Å²) in [5.74, 6) is 1.61. The zero-order chi connectivity index (χ0) is 17.2. The van der Waals surface area contributed by atoms with Crippen LogP contribution >= 0.6 is 0 Å². The molecule has 2 aliphatic heterocycles. The first-order valence-corrected chi connectivity index (χ1v) is 8.78. The number of hydrogen-bond donors (Lipinski definition) is 0. The van der Waals surface area contributed by atoms with E-state index in [1.165, 1.54) is 19.3 Å². The van der Waals surface area contributed by atoms with Crippen LogP contribution in [0.5, 0.6) is 5.88 Å². The standard InChI is InChI=1S/C18H27N3O3/c1-18(2,3)24-17(22)21-11-12-23-16-14(13-21)7-8-15(19-16)20-9-5-4-6-10-20/h7-8H,4-6,9-13H2,1-3H3. The molecule has 2 aliphatic rings. The zero-order valence-electron chi connectivity index (χ0n) is 14.9. The molecule has 24 heavy (non-hydrogen) atoms. The van der Waals surface area contributed by atoms with E-state index >= 15 is 0 Å². The number of hydrogen-bond acceptors (Lipinski definition) is 5. The number of rotatable bonds is 1. The highest BCUT2D eigenvalue weighted by Gasteiger charge is 2.26. The SMILES string of the molecule is CC(C)(C)OC(=O)N1CCOc2nc(N3CCCCC3)ccc2C1. The van der Waals surface area contributed by atoms with Gasteiger partial charge in [-0.05, 0) is 52.2 Å². The van der Waals surface area contributed by atoms with Crippen LogP contribution < -0.4 is 9.64 Å². The minimum absolute atomic E-state index is 0.306. The number of aromatic nitrogens is 1. The van der Waals surface area contributed by atoms with E-state index in [0.29, 0.717) is 25.6 Å². The maximum Gasteiger partial charge on any atom is 0.410 e. The number of nitrogens with zero attached hydrogens (tertiary/aromatic N) is 3. The van der Waals surface area contributed by atoms with Gasteiger partial charge in [-0.3, -0.25) is 0 Å². The Labute approximate surface area is 143 Å². The Morgan fingerprint density at radius 1 is 1.17 bits per heavy atom. The molecule has 3 heterocycles. The van der Waals surface area contributed by atoms with Crippen LogP contribution in [-0.4, -0.2) is 47.8 Å². The maximum absolute atomic E-state index is 12.3. The largest absolute Gasteiger partial charge is 0.475 e. The molecule has 132 valence electrons. The van der Waals surface area contributed by atoms with Gasteiger partial charge in [-0.15, -0.1) is 0 Å². The highest BCUT2D eigenvalue weighted by atomic mass is 16.6. The van der Waals surface area contributed by atoms with Gasteiger partial charge in [0.05, 0.1) is 13.1 Å². The lowest BCUT2D eigenvalue weighted by Crippen LogP contribution is -2.37. The van der Waals surface area contributed by atoms with E-state index in [0.717, 1.165) is 24.5 Å². The Morgan fingerprint density at radius 2 is 1.92 bits per heavy atom. The van der Waals surface area contributed by atoms with Crippen LogP contribution in [0.25, 0.3) is 0 Å². The second kappa shape index (κ2) is 6.87. The van der Waals surface area contributed by atoms with Crippen molar-refractivity contribution in [3.63, 3.8) is 0 Å². The monoisotopic (exact) mass is 333 g/mol. The summed E-state index contributed by atoms with van der Waals surface area (Å²) in [6.07, 6.45) is 3.42. The average Bonchev–Trinajstić information content (AvgIpc) is 2.75. The van der Waals surface area contributed by atoms with Crippen LogP contribution in [0.2, 0.25) is 0 Å². The molecule has 1 saturated heterocycles. The molecule has 0 bridgehead atoms. The van der Waals surface area contributed by atoms with Crippen molar-refractivity contribution in [2.75, 3.05) is 31.1 Å². The topological polar surface area (TPSA) is 54.9 Å². The summed E-state index contributed by atoms with van der Waals surface area (Å²) in [6.45, 7) is 9.13. The second-order valence-electron chi connectivity index (χ2n) is 7.43. The van der Waals surface area contributed by atoms with E-state index in [2.05, 4.69) is 4.90 Å². The zero-order valence-corrected chi connectivity index (χ0v) is 14.9. The van der Waals surface area contributed by atoms with Crippen LogP contribution in [0.3, 0.4) is 0 Å². The predicted molar refractivity (Wildman–Crippen MR) is 92.4 cm³/mol. The molecule has 0 aromatic carbocycles. The lowest BCUT2D eigenvalue weighted by molar-refractivity contribution is 0.0225. The Morgan fingerprint density at radius 3 is 2.62 bits per heavy atom. The molecule has 1 aromatic rings. The van der Waals surface area contributed by atoms with Crippen LogP contribution in [0.1, 0.15) is 45.6 Å². The van der Waals surface area contributed by atoms with Gasteiger partial charge in [0.25, 0.3) is 0 Å². The Hall–Kier alpha value is -1.98. The first-order chi connectivity index (χ1) is 11.4. The number of carbonyl (C=O) groups excluding carboxylic acids is 1. The van der Waals surface area contributed by atoms with Crippen molar-refractivity contribution in [1.82, 2.24) is 9.88 Å². The minimum Gasteiger partial charge on any atom is -0.475 e. The summed E-state index contributed by atoms with van der Waals surface area (Å²) in [7, 11) is 0. The first kappa shape index (κ1) is 16.9. The highest BCUT2D eigenvalue weighted by molar-refractivity contribution is 5.68. The van der Waals surface area contributed by atoms with E-state index in [-0.39, 0.29) is 6.09 Å². The van der Waals surface area contributed by atoms with Crippen molar-refractivity contribution in [2.45, 2.75) is 52.2 Å². The van der Waals surface area contributed by atoms with Crippen molar-refractivity contribution < 1.29 is 14.3 Å². The molecule has 0 spiro atoms. The Kier molecular flexibility index (Phi) is 4.83. The number of piperidine rings is 1. The number of anilines is 1. The van der Waals surface area contributed by atoms with Crippen LogP contribution in [-0.2, 0) is 11.3 Å². The van der Waals surface area contributed by atoms with Crippen molar-refractivity contribution in [1.29, 1.82) is 0 Å². The molecule has 1 fully saturated rings. The number of amides is 1. The van der Waals surface area contributed by atoms with E-state index in [1.54, 1.807) is 4.90 Å². The smallest absolute Gasteiger partial charge is 0.410 e. The Balaban J connectivity index is 1.73. The lowest BCUT2D eigenvalue weighted by atomic mass is 10.1. The fourth-order valence-electron chi connectivity index (χ4n) is 3.02. The summed E-state index contributed by atoms with van der Waals surface area (Å²) < 4.78 is 11.3. The van der Waals surface area contributed by atoms with Crippen LogP contribution in [0.4, 0.5) is 10.6 Å². The van der Waals surface area contributed by atoms with Gasteiger partial charge in [-0.25, -0.2) is 4.79 Å². The van der Waals surface area contributed by atoms with E-state index in [9.17, 15) is 4.79 Å². The summed E-state index contributed by atoms with van der Waals surface area (Å²) in [4.78, 5) is 21.0. The molecule has 0 radical (unpaired) electrons. The van der Waals surface area contributed by atoms with Gasteiger partial charge in [0, 0.05) is 18.7 Å². The average molecular weight is 333 g/mol. The molecule has 0 N–H and O–H groups in total. The van der Waals surface area contributed by atoms with Crippen LogP contribution in [0.15, 0.2) is 12.1 Å². The fraction of sp³-hybridized carbons (Fsp3) is 0.667. The predicted octanol–water partition coefficient (Wildman–Crippen LogP) is 3.20. The molecule has 0 atom stereocenters. The third-order valence-corrected chi connectivity index (χ3v) is 4.22. The van der Waals surface area contributed by atoms with Crippen LogP contribution in [0, 0.1) is 0 Å². The lowest BCUT2D eigenvalue weighted by Gasteiger charge is -2.28. The normalized spacial score (nSPS) is 18.5. The number of fused-ring (bicyclic) bond motifs is 1. The van der Waals surface area contributed by atoms with Gasteiger partial charge < -0.3 is 19.3 Å². The number of carbonyl (C=O) groups is 1. The van der Waals surface area contributed by atoms with Crippen molar-refractivity contribution >= 4 is 11.9 Å². The third-order valence-electron chi connectivity index (χ3n) is 4.22. The minimum atomic E-state index is -0.497. The molecule has 1 amide bonds. The molecule has 0 aliphatic carbocycles. The molecular formula is C18H27N3O3. The summed E-state index contributed by atoms with van der Waals surface area (Å²) in [5.41, 5.74) is 0.433. The third kappa shape index (κ3) is 4.10. The summed E-state index contributed by atoms with van der Waals surface area (Å²) in [5, 5.41) is 0. The summed E-state index contributed by atoms with van der Waals surface area (Å²) in [6, 6.07) is 4.06. The number of pyridine rings is 1. The molecule has 0 unspecified atom stereocenters. The van der Waals surface area contributed by atoms with Gasteiger partial charge >= 0.3 is 6.09 Å². The van der Waals surface area contributed by atoms with Gasteiger partial charge in [0.2, 0.25) is 5.88 Å². The van der Waals surface area contributed by atoms with Gasteiger partial charge in [0.15, 0.2) is 0 Å². The highest BCUT2D eigenvalue weighted by Crippen LogP contribution is 2.27. The van der Waals surface area contributed by atoms with E-state index in [1.807, 2.05) is 32.9 Å².